The van der Waals surface area contributed by atoms with Crippen LogP contribution in [0.25, 0.3) is 89.7 Å². The predicted octanol–water partition coefficient (Wildman–Crippen LogP) is 9.61. The van der Waals surface area contributed by atoms with Gasteiger partial charge in [0.15, 0.2) is 23.3 Å². The summed E-state index contributed by atoms with van der Waals surface area (Å²) in [6.07, 6.45) is 7.28. The van der Waals surface area contributed by atoms with Crippen LogP contribution in [0.3, 0.4) is 0 Å². The molecule has 49 heavy (non-hydrogen) atoms. The lowest BCUT2D eigenvalue weighted by atomic mass is 10.1. The SMILES string of the molecule is CCCCCCCCOc1ccc2c3nc4nc(nc5[nH]c(nc6nc(nc([nH]3)c2c1)-c1ccccc1-6)c1ccccc51)-c1ccccc1-4. The van der Waals surface area contributed by atoms with Crippen molar-refractivity contribution < 1.29 is 4.74 Å². The minimum absolute atomic E-state index is 0.578. The van der Waals surface area contributed by atoms with Crippen molar-refractivity contribution in [2.75, 3.05) is 6.61 Å². The number of hydrogen-bond acceptors (Lipinski definition) is 7. The minimum atomic E-state index is 0.578. The van der Waals surface area contributed by atoms with Crippen LogP contribution in [0.1, 0.15) is 45.4 Å². The van der Waals surface area contributed by atoms with Gasteiger partial charge in [0.25, 0.3) is 0 Å². The van der Waals surface area contributed by atoms with Gasteiger partial charge in [-0.05, 0) is 24.6 Å². The van der Waals surface area contributed by atoms with Crippen LogP contribution in [0, 0.1) is 0 Å². The van der Waals surface area contributed by atoms with Crippen LogP contribution in [0.2, 0.25) is 0 Å². The molecule has 240 valence electrons. The highest BCUT2D eigenvalue weighted by Gasteiger charge is 2.22. The Morgan fingerprint density at radius 2 is 0.878 bits per heavy atom. The van der Waals surface area contributed by atoms with Crippen LogP contribution in [0.15, 0.2) is 91.0 Å². The summed E-state index contributed by atoms with van der Waals surface area (Å²) in [5.41, 5.74) is 6.33. The summed E-state index contributed by atoms with van der Waals surface area (Å²) >= 11 is 0. The first kappa shape index (κ1) is 29.2. The molecule has 0 aliphatic carbocycles. The molecule has 0 saturated heterocycles. The first-order valence-electron chi connectivity index (χ1n) is 17.1. The second-order valence-electron chi connectivity index (χ2n) is 12.6. The highest BCUT2D eigenvalue weighted by Crippen LogP contribution is 2.37. The molecule has 9 rings (SSSR count). The summed E-state index contributed by atoms with van der Waals surface area (Å²) in [4.78, 5) is 37.3. The van der Waals surface area contributed by atoms with Crippen molar-refractivity contribution in [3.63, 3.8) is 0 Å². The van der Waals surface area contributed by atoms with E-state index < -0.39 is 0 Å². The average Bonchev–Trinajstić information content (AvgIpc) is 3.87. The van der Waals surface area contributed by atoms with E-state index in [1.54, 1.807) is 0 Å². The predicted molar refractivity (Wildman–Crippen MR) is 195 cm³/mol. The molecule has 2 N–H and O–H groups in total. The van der Waals surface area contributed by atoms with Crippen LogP contribution in [0.4, 0.5) is 0 Å². The highest BCUT2D eigenvalue weighted by atomic mass is 16.5. The van der Waals surface area contributed by atoms with Crippen molar-refractivity contribution in [1.82, 2.24) is 39.9 Å². The van der Waals surface area contributed by atoms with Crippen molar-refractivity contribution in [3.05, 3.63) is 91.0 Å². The fourth-order valence-electron chi connectivity index (χ4n) is 6.78. The summed E-state index contributed by atoms with van der Waals surface area (Å²) in [6, 6.07) is 30.4. The number of rotatable bonds is 8. The van der Waals surface area contributed by atoms with Crippen molar-refractivity contribution >= 4 is 44.1 Å². The molecular formula is C40H34N8O. The summed E-state index contributed by atoms with van der Waals surface area (Å²) in [5, 5.41) is 3.71. The maximum absolute atomic E-state index is 6.25. The number of hydrogen-bond donors (Lipinski definition) is 2. The quantitative estimate of drug-likeness (QED) is 0.158. The summed E-state index contributed by atoms with van der Waals surface area (Å²) < 4.78 is 6.25. The fraction of sp³-hybridized carbons (Fsp3) is 0.200. The molecule has 2 aliphatic heterocycles. The third-order valence-corrected chi connectivity index (χ3v) is 9.29. The second-order valence-corrected chi connectivity index (χ2v) is 12.6. The van der Waals surface area contributed by atoms with E-state index in [2.05, 4.69) is 29.0 Å². The van der Waals surface area contributed by atoms with E-state index in [-0.39, 0.29) is 0 Å². The van der Waals surface area contributed by atoms with Gasteiger partial charge in [0.2, 0.25) is 0 Å². The van der Waals surface area contributed by atoms with Crippen LogP contribution in [-0.2, 0) is 0 Å². The number of unbranched alkanes of at least 4 members (excludes halogenated alkanes) is 5. The molecule has 0 amide bonds. The van der Waals surface area contributed by atoms with E-state index in [1.165, 1.54) is 32.1 Å². The molecule has 0 spiro atoms. The second kappa shape index (κ2) is 12.2. The molecule has 7 aromatic rings. The number of aromatic nitrogens is 8. The van der Waals surface area contributed by atoms with Crippen LogP contribution in [-0.4, -0.2) is 46.5 Å². The Balaban J connectivity index is 1.29. The molecule has 0 unspecified atom stereocenters. The maximum Gasteiger partial charge on any atom is 0.164 e. The number of benzene rings is 4. The Morgan fingerprint density at radius 1 is 0.449 bits per heavy atom. The molecular weight excluding hydrogens is 608 g/mol. The van der Waals surface area contributed by atoms with Crippen molar-refractivity contribution in [2.24, 2.45) is 0 Å². The van der Waals surface area contributed by atoms with E-state index in [9.17, 15) is 0 Å². The van der Waals surface area contributed by atoms with Gasteiger partial charge in [0, 0.05) is 43.8 Å². The van der Waals surface area contributed by atoms with Crippen molar-refractivity contribution in [3.8, 4) is 51.3 Å². The fourth-order valence-corrected chi connectivity index (χ4v) is 6.78. The lowest BCUT2D eigenvalue weighted by molar-refractivity contribution is 0.305. The normalized spacial score (nSPS) is 11.9. The Hall–Kier alpha value is -5.96. The average molecular weight is 643 g/mol. The van der Waals surface area contributed by atoms with E-state index >= 15 is 0 Å². The third-order valence-electron chi connectivity index (χ3n) is 9.29. The summed E-state index contributed by atoms with van der Waals surface area (Å²) in [7, 11) is 0. The number of nitrogens with zero attached hydrogens (tertiary/aromatic N) is 6. The number of fused-ring (bicyclic) bond motifs is 20. The van der Waals surface area contributed by atoms with Gasteiger partial charge >= 0.3 is 0 Å². The first-order valence-corrected chi connectivity index (χ1v) is 17.1. The zero-order valence-electron chi connectivity index (χ0n) is 27.2. The zero-order valence-corrected chi connectivity index (χ0v) is 27.2. The Labute approximate surface area is 282 Å². The van der Waals surface area contributed by atoms with Crippen LogP contribution in [0.5, 0.6) is 5.75 Å². The smallest absolute Gasteiger partial charge is 0.164 e. The van der Waals surface area contributed by atoms with E-state index in [4.69, 9.17) is 34.6 Å². The Kier molecular flexibility index (Phi) is 7.30. The molecule has 0 atom stereocenters. The minimum Gasteiger partial charge on any atom is -0.494 e. The Morgan fingerprint density at radius 3 is 1.39 bits per heavy atom. The van der Waals surface area contributed by atoms with Gasteiger partial charge in [-0.25, -0.2) is 29.9 Å². The van der Waals surface area contributed by atoms with Gasteiger partial charge in [-0.1, -0.05) is 112 Å². The van der Waals surface area contributed by atoms with Gasteiger partial charge < -0.3 is 14.7 Å². The van der Waals surface area contributed by atoms with Crippen molar-refractivity contribution in [2.45, 2.75) is 45.4 Å². The first-order chi connectivity index (χ1) is 24.2. The monoisotopic (exact) mass is 642 g/mol. The van der Waals surface area contributed by atoms with Crippen LogP contribution < -0.4 is 4.74 Å². The highest BCUT2D eigenvalue weighted by molar-refractivity contribution is 6.06. The van der Waals surface area contributed by atoms with Gasteiger partial charge in [-0.3, -0.25) is 0 Å². The number of aromatic amines is 2. The van der Waals surface area contributed by atoms with Crippen LogP contribution >= 0.6 is 0 Å². The Bertz CT molecular complexity index is 2540. The van der Waals surface area contributed by atoms with E-state index in [1.807, 2.05) is 78.9 Å². The molecule has 0 saturated carbocycles. The molecule has 2 aliphatic rings. The molecule has 0 radical (unpaired) electrons. The number of H-pyrrole nitrogens is 2. The van der Waals surface area contributed by atoms with Gasteiger partial charge in [-0.15, -0.1) is 0 Å². The number of ether oxygens (including phenoxy) is 1. The van der Waals surface area contributed by atoms with E-state index in [0.717, 1.165) is 56.0 Å². The van der Waals surface area contributed by atoms with Gasteiger partial charge in [0.05, 0.1) is 6.61 Å². The number of nitrogens with one attached hydrogen (secondary N) is 2. The lowest BCUT2D eigenvalue weighted by Crippen LogP contribution is -1.97. The molecule has 9 heteroatoms. The third kappa shape index (κ3) is 5.27. The lowest BCUT2D eigenvalue weighted by Gasteiger charge is -2.06. The molecule has 0 fully saturated rings. The zero-order chi connectivity index (χ0) is 32.7. The topological polar surface area (TPSA) is 118 Å². The van der Waals surface area contributed by atoms with Gasteiger partial charge in [0.1, 0.15) is 28.3 Å². The molecule has 8 bridgehead atoms. The van der Waals surface area contributed by atoms with E-state index in [0.29, 0.717) is 52.5 Å². The molecule has 5 heterocycles. The summed E-state index contributed by atoms with van der Waals surface area (Å²) in [5.74, 6) is 3.14. The van der Waals surface area contributed by atoms with Crippen molar-refractivity contribution in [1.29, 1.82) is 0 Å². The standard InChI is InChI=1S/C40H34N8O/c1-2-3-4-5-6-13-22-49-24-20-21-31-32(23-24)40-47-38-30-19-12-11-18-29(30)36(45-38)43-34-26-15-8-7-14-25(26)33(41-34)42-35-27-16-9-10-17-28(27)37(44-35)46-39(31)48-40/h7-12,14-21,23H,2-6,13,22H2,1H3,(H2,41,42,43,44,45,46,47,48). The molecule has 9 nitrogen and oxygen atoms in total. The summed E-state index contributed by atoms with van der Waals surface area (Å²) in [6.45, 7) is 2.92. The maximum atomic E-state index is 6.25. The molecule has 3 aromatic heterocycles. The molecule has 4 aromatic carbocycles. The van der Waals surface area contributed by atoms with Gasteiger partial charge in [-0.2, -0.15) is 0 Å². The largest absolute Gasteiger partial charge is 0.494 e.